The highest BCUT2D eigenvalue weighted by molar-refractivity contribution is 6.33. The summed E-state index contributed by atoms with van der Waals surface area (Å²) in [6.45, 7) is 1.69. The predicted molar refractivity (Wildman–Crippen MR) is 93.5 cm³/mol. The fourth-order valence-electron chi connectivity index (χ4n) is 2.38. The second kappa shape index (κ2) is 7.38. The Kier molecular flexibility index (Phi) is 5.01. The molecule has 0 saturated heterocycles. The van der Waals surface area contributed by atoms with Crippen molar-refractivity contribution < 1.29 is 13.9 Å². The molecule has 3 rings (SSSR count). The van der Waals surface area contributed by atoms with Crippen molar-refractivity contribution in [3.05, 3.63) is 81.9 Å². The van der Waals surface area contributed by atoms with Gasteiger partial charge in [0.1, 0.15) is 23.1 Å². The molecule has 0 radical (unpaired) electrons. The van der Waals surface area contributed by atoms with E-state index in [0.717, 1.165) is 5.56 Å². The van der Waals surface area contributed by atoms with E-state index < -0.39 is 5.97 Å². The Morgan fingerprint density at radius 2 is 1.88 bits per heavy atom. The van der Waals surface area contributed by atoms with Crippen LogP contribution in [0.1, 0.15) is 27.2 Å². The van der Waals surface area contributed by atoms with Crippen LogP contribution >= 0.6 is 11.6 Å². The third kappa shape index (κ3) is 3.58. The number of ether oxygens (including phenoxy) is 1. The molecule has 0 N–H and O–H groups in total. The van der Waals surface area contributed by atoms with Crippen molar-refractivity contribution >= 4 is 17.6 Å². The fraction of sp³-hybridized carbons (Fsp3) is 0.105. The molecule has 0 unspecified atom stereocenters. The van der Waals surface area contributed by atoms with Crippen molar-refractivity contribution in [2.45, 2.75) is 13.5 Å². The topological polar surface area (TPSA) is 67.9 Å². The molecule has 3 aromatic rings. The zero-order valence-corrected chi connectivity index (χ0v) is 14.5. The highest BCUT2D eigenvalue weighted by atomic mass is 35.5. The summed E-state index contributed by atoms with van der Waals surface area (Å²) in [5.41, 5.74) is 2.37. The summed E-state index contributed by atoms with van der Waals surface area (Å²) >= 11 is 6.29. The van der Waals surface area contributed by atoms with Crippen molar-refractivity contribution in [1.29, 1.82) is 5.26 Å². The SMILES string of the molecule is Cc1nn(-c2ccc(F)cc2)c(Cl)c1C(=O)OCc1ccc(C#N)cc1. The molecule has 130 valence electrons. The number of aryl methyl sites for hydroxylation is 1. The number of aromatic nitrogens is 2. The van der Waals surface area contributed by atoms with Gasteiger partial charge in [0, 0.05) is 0 Å². The van der Waals surface area contributed by atoms with Crippen molar-refractivity contribution in [3.63, 3.8) is 0 Å². The summed E-state index contributed by atoms with van der Waals surface area (Å²) in [5.74, 6) is -0.985. The van der Waals surface area contributed by atoms with Gasteiger partial charge in [-0.05, 0) is 48.9 Å². The zero-order valence-electron chi connectivity index (χ0n) is 13.7. The second-order valence-corrected chi connectivity index (χ2v) is 5.88. The standard InChI is InChI=1S/C19H13ClFN3O2/c1-12-17(18(20)24(23-12)16-8-6-15(21)7-9-16)19(25)26-11-14-4-2-13(10-22)3-5-14/h2-9H,11H2,1H3. The van der Waals surface area contributed by atoms with Crippen LogP contribution in [-0.2, 0) is 11.3 Å². The molecule has 5 nitrogen and oxygen atoms in total. The highest BCUT2D eigenvalue weighted by Crippen LogP contribution is 2.24. The summed E-state index contributed by atoms with van der Waals surface area (Å²) in [6, 6.07) is 14.3. The van der Waals surface area contributed by atoms with E-state index >= 15 is 0 Å². The Morgan fingerprint density at radius 1 is 1.23 bits per heavy atom. The Morgan fingerprint density at radius 3 is 2.50 bits per heavy atom. The first-order valence-corrected chi connectivity index (χ1v) is 8.04. The maximum absolute atomic E-state index is 13.1. The molecule has 0 atom stereocenters. The number of hydrogen-bond acceptors (Lipinski definition) is 4. The minimum Gasteiger partial charge on any atom is -0.457 e. The maximum atomic E-state index is 13.1. The van der Waals surface area contributed by atoms with Crippen LogP contribution in [-0.4, -0.2) is 15.7 Å². The molecule has 0 fully saturated rings. The number of rotatable bonds is 4. The number of benzene rings is 2. The average molecular weight is 370 g/mol. The van der Waals surface area contributed by atoms with E-state index in [1.165, 1.54) is 28.9 Å². The lowest BCUT2D eigenvalue weighted by molar-refractivity contribution is 0.0472. The Labute approximate surface area is 154 Å². The van der Waals surface area contributed by atoms with Gasteiger partial charge in [0.15, 0.2) is 0 Å². The molecule has 0 aliphatic carbocycles. The van der Waals surface area contributed by atoms with Crippen molar-refractivity contribution in [2.24, 2.45) is 0 Å². The van der Waals surface area contributed by atoms with Gasteiger partial charge in [0.2, 0.25) is 0 Å². The van der Waals surface area contributed by atoms with Crippen molar-refractivity contribution in [1.82, 2.24) is 9.78 Å². The molecular weight excluding hydrogens is 357 g/mol. The molecule has 0 aliphatic rings. The Balaban J connectivity index is 1.79. The van der Waals surface area contributed by atoms with E-state index in [9.17, 15) is 9.18 Å². The maximum Gasteiger partial charge on any atom is 0.343 e. The van der Waals surface area contributed by atoms with Crippen LogP contribution in [0.4, 0.5) is 4.39 Å². The second-order valence-electron chi connectivity index (χ2n) is 5.52. The predicted octanol–water partition coefficient (Wildman–Crippen LogP) is 4.20. The molecule has 0 bridgehead atoms. The molecule has 7 heteroatoms. The molecule has 26 heavy (non-hydrogen) atoms. The van der Waals surface area contributed by atoms with Gasteiger partial charge >= 0.3 is 5.97 Å². The van der Waals surface area contributed by atoms with Crippen LogP contribution in [0.25, 0.3) is 5.69 Å². The monoisotopic (exact) mass is 369 g/mol. The molecule has 1 aromatic heterocycles. The van der Waals surface area contributed by atoms with Gasteiger partial charge in [0.05, 0.1) is 23.0 Å². The van der Waals surface area contributed by atoms with Crippen LogP contribution < -0.4 is 0 Å². The quantitative estimate of drug-likeness (QED) is 0.646. The number of nitriles is 1. The van der Waals surface area contributed by atoms with Crippen molar-refractivity contribution in [2.75, 3.05) is 0 Å². The first-order chi connectivity index (χ1) is 12.5. The smallest absolute Gasteiger partial charge is 0.343 e. The van der Waals surface area contributed by atoms with E-state index in [2.05, 4.69) is 5.10 Å². The van der Waals surface area contributed by atoms with Gasteiger partial charge in [0.25, 0.3) is 0 Å². The van der Waals surface area contributed by atoms with Crippen LogP contribution in [0, 0.1) is 24.1 Å². The lowest BCUT2D eigenvalue weighted by Crippen LogP contribution is -2.07. The minimum absolute atomic E-state index is 0.0437. The van der Waals surface area contributed by atoms with E-state index in [4.69, 9.17) is 21.6 Å². The Bertz CT molecular complexity index is 989. The summed E-state index contributed by atoms with van der Waals surface area (Å²) in [5, 5.41) is 13.1. The van der Waals surface area contributed by atoms with Crippen molar-refractivity contribution in [3.8, 4) is 11.8 Å². The first kappa shape index (κ1) is 17.6. The van der Waals surface area contributed by atoms with Crippen LogP contribution in [0.5, 0.6) is 0 Å². The molecule has 0 aliphatic heterocycles. The fourth-order valence-corrected chi connectivity index (χ4v) is 2.73. The van der Waals surface area contributed by atoms with Gasteiger partial charge in [-0.15, -0.1) is 0 Å². The number of nitrogens with zero attached hydrogens (tertiary/aromatic N) is 3. The lowest BCUT2D eigenvalue weighted by atomic mass is 10.1. The molecule has 0 amide bonds. The normalized spacial score (nSPS) is 10.4. The average Bonchev–Trinajstić information content (AvgIpc) is 2.95. The van der Waals surface area contributed by atoms with Crippen LogP contribution in [0.2, 0.25) is 5.15 Å². The highest BCUT2D eigenvalue weighted by Gasteiger charge is 2.22. The van der Waals surface area contributed by atoms with E-state index in [-0.39, 0.29) is 23.1 Å². The molecule has 1 heterocycles. The van der Waals surface area contributed by atoms with E-state index in [1.54, 1.807) is 31.2 Å². The summed E-state index contributed by atoms with van der Waals surface area (Å²) in [7, 11) is 0. The van der Waals surface area contributed by atoms with Gasteiger partial charge in [-0.3, -0.25) is 0 Å². The van der Waals surface area contributed by atoms with E-state index in [1.807, 2.05) is 6.07 Å². The van der Waals surface area contributed by atoms with Crippen LogP contribution in [0.15, 0.2) is 48.5 Å². The zero-order chi connectivity index (χ0) is 18.7. The number of halogens is 2. The number of carbonyl (C=O) groups is 1. The van der Waals surface area contributed by atoms with Gasteiger partial charge in [-0.1, -0.05) is 23.7 Å². The number of hydrogen-bond donors (Lipinski definition) is 0. The summed E-state index contributed by atoms with van der Waals surface area (Å²) in [4.78, 5) is 12.4. The molecular formula is C19H13ClFN3O2. The molecule has 0 spiro atoms. The number of carbonyl (C=O) groups excluding carboxylic acids is 1. The third-order valence-electron chi connectivity index (χ3n) is 3.73. The third-order valence-corrected chi connectivity index (χ3v) is 4.08. The number of esters is 1. The molecule has 2 aromatic carbocycles. The first-order valence-electron chi connectivity index (χ1n) is 7.67. The Hall–Kier alpha value is -3.17. The van der Waals surface area contributed by atoms with E-state index in [0.29, 0.717) is 16.9 Å². The van der Waals surface area contributed by atoms with Gasteiger partial charge in [-0.25, -0.2) is 13.9 Å². The summed E-state index contributed by atoms with van der Waals surface area (Å²) < 4.78 is 19.7. The van der Waals surface area contributed by atoms with Gasteiger partial charge in [-0.2, -0.15) is 10.4 Å². The largest absolute Gasteiger partial charge is 0.457 e. The summed E-state index contributed by atoms with van der Waals surface area (Å²) in [6.07, 6.45) is 0. The van der Waals surface area contributed by atoms with Gasteiger partial charge < -0.3 is 4.74 Å². The van der Waals surface area contributed by atoms with Crippen LogP contribution in [0.3, 0.4) is 0 Å². The lowest BCUT2D eigenvalue weighted by Gasteiger charge is -2.06. The molecule has 0 saturated carbocycles. The minimum atomic E-state index is -0.606.